The first-order valence-corrected chi connectivity index (χ1v) is 7.29. The second-order valence-corrected chi connectivity index (χ2v) is 5.15. The van der Waals surface area contributed by atoms with Crippen molar-refractivity contribution in [1.29, 1.82) is 0 Å². The molecule has 0 spiro atoms. The van der Waals surface area contributed by atoms with Crippen LogP contribution < -0.4 is 10.1 Å². The van der Waals surface area contributed by atoms with E-state index in [1.807, 2.05) is 24.3 Å². The molecule has 2 aromatic carbocycles. The molecule has 0 aliphatic rings. The van der Waals surface area contributed by atoms with E-state index in [2.05, 4.69) is 12.2 Å². The maximum atomic E-state index is 12.2. The molecule has 3 nitrogen and oxygen atoms in total. The molecule has 1 N–H and O–H groups in total. The molecule has 0 saturated carbocycles. The van der Waals surface area contributed by atoms with Crippen LogP contribution >= 0.6 is 11.6 Å². The quantitative estimate of drug-likeness (QED) is 0.894. The monoisotopic (exact) mass is 303 g/mol. The molecule has 0 heterocycles. The minimum absolute atomic E-state index is 0.184. The minimum atomic E-state index is -0.603. The number of aryl methyl sites for hydroxylation is 1. The average Bonchev–Trinajstić information content (AvgIpc) is 2.47. The van der Waals surface area contributed by atoms with Crippen LogP contribution in [0.25, 0.3) is 0 Å². The third-order valence-corrected chi connectivity index (χ3v) is 3.37. The molecule has 1 amide bonds. The lowest BCUT2D eigenvalue weighted by Gasteiger charge is -2.16. The van der Waals surface area contributed by atoms with Crippen molar-refractivity contribution in [3.05, 3.63) is 59.1 Å². The molecule has 0 aliphatic heterocycles. The van der Waals surface area contributed by atoms with Gasteiger partial charge >= 0.3 is 0 Å². The lowest BCUT2D eigenvalue weighted by atomic mass is 10.1. The van der Waals surface area contributed by atoms with Gasteiger partial charge in [-0.1, -0.05) is 42.8 Å². The van der Waals surface area contributed by atoms with E-state index in [1.54, 1.807) is 31.2 Å². The summed E-state index contributed by atoms with van der Waals surface area (Å²) in [7, 11) is 0. The van der Waals surface area contributed by atoms with Gasteiger partial charge in [0.15, 0.2) is 6.10 Å². The van der Waals surface area contributed by atoms with Gasteiger partial charge < -0.3 is 10.1 Å². The topological polar surface area (TPSA) is 38.3 Å². The van der Waals surface area contributed by atoms with Gasteiger partial charge in [-0.2, -0.15) is 0 Å². The number of amides is 1. The predicted molar refractivity (Wildman–Crippen MR) is 86.0 cm³/mol. The van der Waals surface area contributed by atoms with Crippen LogP contribution in [0.4, 0.5) is 5.69 Å². The highest BCUT2D eigenvalue weighted by Gasteiger charge is 2.16. The molecule has 0 aliphatic carbocycles. The van der Waals surface area contributed by atoms with Crippen molar-refractivity contribution in [2.75, 3.05) is 5.32 Å². The van der Waals surface area contributed by atoms with Gasteiger partial charge in [-0.25, -0.2) is 0 Å². The van der Waals surface area contributed by atoms with Crippen molar-refractivity contribution in [3.63, 3.8) is 0 Å². The number of anilines is 1. The molecule has 0 fully saturated rings. The summed E-state index contributed by atoms with van der Waals surface area (Å²) in [6, 6.07) is 14.8. The highest BCUT2D eigenvalue weighted by Crippen LogP contribution is 2.20. The molecule has 1 unspecified atom stereocenters. The molecule has 2 rings (SSSR count). The number of carbonyl (C=O) groups is 1. The number of para-hydroxylation sites is 1. The predicted octanol–water partition coefficient (Wildman–Crippen LogP) is 4.31. The smallest absolute Gasteiger partial charge is 0.265 e. The van der Waals surface area contributed by atoms with Crippen LogP contribution in [-0.4, -0.2) is 12.0 Å². The number of hydrogen-bond donors (Lipinski definition) is 1. The molecular formula is C17H18ClNO2. The maximum absolute atomic E-state index is 12.2. The van der Waals surface area contributed by atoms with Crippen molar-refractivity contribution in [1.82, 2.24) is 0 Å². The van der Waals surface area contributed by atoms with Gasteiger partial charge in [0.1, 0.15) is 5.75 Å². The third kappa shape index (κ3) is 4.23. The van der Waals surface area contributed by atoms with E-state index < -0.39 is 6.10 Å². The number of benzene rings is 2. The zero-order valence-electron chi connectivity index (χ0n) is 12.1. The second-order valence-electron chi connectivity index (χ2n) is 4.72. The molecule has 21 heavy (non-hydrogen) atoms. The van der Waals surface area contributed by atoms with Crippen LogP contribution in [0.1, 0.15) is 19.4 Å². The lowest BCUT2D eigenvalue weighted by Crippen LogP contribution is -2.30. The highest BCUT2D eigenvalue weighted by atomic mass is 35.5. The summed E-state index contributed by atoms with van der Waals surface area (Å²) in [5.74, 6) is 0.393. The van der Waals surface area contributed by atoms with Gasteiger partial charge in [0, 0.05) is 10.7 Å². The van der Waals surface area contributed by atoms with E-state index in [0.29, 0.717) is 10.8 Å². The Hall–Kier alpha value is -2.00. The van der Waals surface area contributed by atoms with Crippen LogP contribution in [0.3, 0.4) is 0 Å². The van der Waals surface area contributed by atoms with Crippen LogP contribution in [-0.2, 0) is 11.2 Å². The van der Waals surface area contributed by atoms with E-state index in [1.165, 1.54) is 0 Å². The van der Waals surface area contributed by atoms with Crippen LogP contribution in [0.5, 0.6) is 5.75 Å². The van der Waals surface area contributed by atoms with Gasteiger partial charge in [-0.3, -0.25) is 4.79 Å². The number of ether oxygens (including phenoxy) is 1. The molecule has 0 bridgehead atoms. The summed E-state index contributed by atoms with van der Waals surface area (Å²) in [6.45, 7) is 3.77. The SMILES string of the molecule is CCc1ccccc1NC(=O)C(C)Oc1cccc(Cl)c1. The van der Waals surface area contributed by atoms with Crippen LogP contribution in [0.2, 0.25) is 5.02 Å². The van der Waals surface area contributed by atoms with Gasteiger partial charge in [-0.05, 0) is 43.2 Å². The van der Waals surface area contributed by atoms with Crippen molar-refractivity contribution >= 4 is 23.2 Å². The Bertz CT molecular complexity index is 628. The van der Waals surface area contributed by atoms with Gasteiger partial charge in [-0.15, -0.1) is 0 Å². The minimum Gasteiger partial charge on any atom is -0.481 e. The summed E-state index contributed by atoms with van der Waals surface area (Å²) in [4.78, 5) is 12.2. The fourth-order valence-corrected chi connectivity index (χ4v) is 2.16. The first-order valence-electron chi connectivity index (χ1n) is 6.91. The van der Waals surface area contributed by atoms with E-state index in [0.717, 1.165) is 17.7 Å². The Kier molecular flexibility index (Phi) is 5.23. The largest absolute Gasteiger partial charge is 0.481 e. The molecule has 0 radical (unpaired) electrons. The lowest BCUT2D eigenvalue weighted by molar-refractivity contribution is -0.122. The Labute approximate surface area is 129 Å². The maximum Gasteiger partial charge on any atom is 0.265 e. The Balaban J connectivity index is 2.02. The molecular weight excluding hydrogens is 286 g/mol. The molecule has 110 valence electrons. The molecule has 0 aromatic heterocycles. The third-order valence-electron chi connectivity index (χ3n) is 3.13. The van der Waals surface area contributed by atoms with Gasteiger partial charge in [0.2, 0.25) is 0 Å². The van der Waals surface area contributed by atoms with E-state index in [9.17, 15) is 4.79 Å². The Morgan fingerprint density at radius 3 is 2.71 bits per heavy atom. The van der Waals surface area contributed by atoms with Crippen LogP contribution in [0, 0.1) is 0 Å². The molecule has 4 heteroatoms. The summed E-state index contributed by atoms with van der Waals surface area (Å²) in [5.41, 5.74) is 1.92. The first-order chi connectivity index (χ1) is 10.1. The Morgan fingerprint density at radius 2 is 2.00 bits per heavy atom. The van der Waals surface area contributed by atoms with Crippen molar-refractivity contribution in [2.24, 2.45) is 0 Å². The summed E-state index contributed by atoms with van der Waals surface area (Å²) >= 11 is 5.90. The summed E-state index contributed by atoms with van der Waals surface area (Å²) in [6.07, 6.45) is 0.258. The first kappa shape index (κ1) is 15.4. The number of hydrogen-bond acceptors (Lipinski definition) is 2. The zero-order valence-corrected chi connectivity index (χ0v) is 12.9. The fraction of sp³-hybridized carbons (Fsp3) is 0.235. The normalized spacial score (nSPS) is 11.8. The fourth-order valence-electron chi connectivity index (χ4n) is 1.98. The van der Waals surface area contributed by atoms with Gasteiger partial charge in [0.25, 0.3) is 5.91 Å². The highest BCUT2D eigenvalue weighted by molar-refractivity contribution is 6.30. The van der Waals surface area contributed by atoms with E-state index in [-0.39, 0.29) is 5.91 Å². The molecule has 0 saturated heterocycles. The van der Waals surface area contributed by atoms with Crippen molar-refractivity contribution in [2.45, 2.75) is 26.4 Å². The number of nitrogens with one attached hydrogen (secondary N) is 1. The van der Waals surface area contributed by atoms with Crippen molar-refractivity contribution in [3.8, 4) is 5.75 Å². The van der Waals surface area contributed by atoms with E-state index >= 15 is 0 Å². The Morgan fingerprint density at radius 1 is 1.24 bits per heavy atom. The molecule has 1 atom stereocenters. The number of rotatable bonds is 5. The standard InChI is InChI=1S/C17H18ClNO2/c1-3-13-7-4-5-10-16(13)19-17(20)12(2)21-15-9-6-8-14(18)11-15/h4-12H,3H2,1-2H3,(H,19,20). The summed E-state index contributed by atoms with van der Waals surface area (Å²) < 4.78 is 5.61. The van der Waals surface area contributed by atoms with E-state index in [4.69, 9.17) is 16.3 Å². The average molecular weight is 304 g/mol. The zero-order chi connectivity index (χ0) is 15.2. The number of carbonyl (C=O) groups excluding carboxylic acids is 1. The van der Waals surface area contributed by atoms with Crippen molar-refractivity contribution < 1.29 is 9.53 Å². The molecule has 2 aromatic rings. The van der Waals surface area contributed by atoms with Gasteiger partial charge in [0.05, 0.1) is 0 Å². The van der Waals surface area contributed by atoms with Crippen LogP contribution in [0.15, 0.2) is 48.5 Å². The summed E-state index contributed by atoms with van der Waals surface area (Å²) in [5, 5.41) is 3.48. The number of halogens is 1. The second kappa shape index (κ2) is 7.14.